The molecule has 6 nitrogen and oxygen atoms in total. The summed E-state index contributed by atoms with van der Waals surface area (Å²) in [6, 6.07) is 7.14. The van der Waals surface area contributed by atoms with Crippen molar-refractivity contribution in [1.82, 2.24) is 9.29 Å². The maximum absolute atomic E-state index is 12.9. The van der Waals surface area contributed by atoms with Crippen LogP contribution in [0.25, 0.3) is 0 Å². The molecule has 0 aromatic carbocycles. The van der Waals surface area contributed by atoms with Crippen LogP contribution in [-0.4, -0.2) is 30.2 Å². The lowest BCUT2D eigenvalue weighted by Crippen LogP contribution is -2.35. The summed E-state index contributed by atoms with van der Waals surface area (Å²) in [5, 5.41) is 5.17. The highest BCUT2D eigenvalue weighted by molar-refractivity contribution is 7.91. The molecule has 10 heteroatoms. The molecule has 4 rings (SSSR count). The van der Waals surface area contributed by atoms with Crippen LogP contribution in [0.1, 0.15) is 32.0 Å². The largest absolute Gasteiger partial charge is 0.297 e. The lowest BCUT2D eigenvalue weighted by molar-refractivity contribution is 0.103. The zero-order valence-electron chi connectivity index (χ0n) is 14.5. The van der Waals surface area contributed by atoms with Crippen LogP contribution in [0.15, 0.2) is 33.9 Å². The van der Waals surface area contributed by atoms with Crippen LogP contribution in [0.4, 0.5) is 5.13 Å². The van der Waals surface area contributed by atoms with Gasteiger partial charge in [0.1, 0.15) is 4.21 Å². The molecule has 1 aliphatic rings. The Morgan fingerprint density at radius 3 is 2.85 bits per heavy atom. The van der Waals surface area contributed by atoms with Crippen molar-refractivity contribution in [3.63, 3.8) is 0 Å². The normalized spacial score (nSPS) is 14.9. The maximum Gasteiger partial charge on any atom is 0.267 e. The van der Waals surface area contributed by atoms with Gasteiger partial charge in [0.15, 0.2) is 5.13 Å². The smallest absolute Gasteiger partial charge is 0.267 e. The quantitative estimate of drug-likeness (QED) is 0.655. The topological polar surface area (TPSA) is 79.4 Å². The Hall–Kier alpha value is -1.59. The minimum atomic E-state index is -3.50. The summed E-state index contributed by atoms with van der Waals surface area (Å²) in [4.78, 5) is 19.2. The number of rotatable bonds is 5. The highest BCUT2D eigenvalue weighted by Gasteiger charge is 2.31. The number of hydrogen-bond donors (Lipinski definition) is 1. The third kappa shape index (κ3) is 3.72. The Morgan fingerprint density at radius 2 is 2.15 bits per heavy atom. The number of nitrogens with one attached hydrogen (secondary N) is 1. The molecule has 0 bridgehead atoms. The summed E-state index contributed by atoms with van der Waals surface area (Å²) in [6.07, 6.45) is 1.37. The van der Waals surface area contributed by atoms with Crippen LogP contribution in [0.3, 0.4) is 0 Å². The highest BCUT2D eigenvalue weighted by Crippen LogP contribution is 2.33. The lowest BCUT2D eigenvalue weighted by Gasteiger charge is -2.24. The van der Waals surface area contributed by atoms with Crippen molar-refractivity contribution < 1.29 is 13.2 Å². The van der Waals surface area contributed by atoms with Crippen LogP contribution < -0.4 is 5.32 Å². The van der Waals surface area contributed by atoms with Gasteiger partial charge >= 0.3 is 0 Å². The second-order valence-corrected chi connectivity index (χ2v) is 11.3. The number of carbonyl (C=O) groups excluding carboxylic acids is 1. The van der Waals surface area contributed by atoms with Crippen molar-refractivity contribution in [2.45, 2.75) is 30.5 Å². The first kappa shape index (κ1) is 18.8. The summed E-state index contributed by atoms with van der Waals surface area (Å²) in [5.74, 6) is -0.189. The molecule has 3 aromatic heterocycles. The fourth-order valence-corrected chi connectivity index (χ4v) is 7.39. The maximum atomic E-state index is 12.9. The van der Waals surface area contributed by atoms with Crippen molar-refractivity contribution in [2.24, 2.45) is 0 Å². The van der Waals surface area contributed by atoms with Gasteiger partial charge in [0.2, 0.25) is 0 Å². The van der Waals surface area contributed by atoms with Crippen LogP contribution >= 0.6 is 34.0 Å². The number of amides is 1. The molecule has 0 saturated carbocycles. The Kier molecular flexibility index (Phi) is 5.17. The zero-order valence-corrected chi connectivity index (χ0v) is 17.7. The molecule has 0 unspecified atom stereocenters. The minimum Gasteiger partial charge on any atom is -0.297 e. The van der Waals surface area contributed by atoms with Crippen molar-refractivity contribution in [3.8, 4) is 0 Å². The molecule has 1 N–H and O–H groups in total. The fourth-order valence-electron chi connectivity index (χ4n) is 2.81. The summed E-state index contributed by atoms with van der Waals surface area (Å²) >= 11 is 4.04. The predicted molar refractivity (Wildman–Crippen MR) is 109 cm³/mol. The van der Waals surface area contributed by atoms with Gasteiger partial charge in [0, 0.05) is 22.7 Å². The fraction of sp³-hybridized carbons (Fsp3) is 0.294. The number of fused-ring (bicyclic) bond motifs is 1. The number of sulfonamides is 1. The first-order valence-electron chi connectivity index (χ1n) is 8.39. The second kappa shape index (κ2) is 7.44. The number of hydrogen-bond acceptors (Lipinski definition) is 7. The van der Waals surface area contributed by atoms with Gasteiger partial charge in [0.05, 0.1) is 17.1 Å². The molecule has 4 heterocycles. The Bertz CT molecular complexity index is 1070. The zero-order chi connectivity index (χ0) is 19.0. The molecule has 0 atom stereocenters. The predicted octanol–water partition coefficient (Wildman–Crippen LogP) is 3.83. The van der Waals surface area contributed by atoms with E-state index in [0.717, 1.165) is 21.9 Å². The van der Waals surface area contributed by atoms with Gasteiger partial charge in [-0.25, -0.2) is 13.4 Å². The van der Waals surface area contributed by atoms with E-state index in [1.54, 1.807) is 12.1 Å². The van der Waals surface area contributed by atoms with E-state index >= 15 is 0 Å². The molecule has 3 aromatic rings. The summed E-state index contributed by atoms with van der Waals surface area (Å²) in [6.45, 7) is 2.71. The Labute approximate surface area is 169 Å². The Morgan fingerprint density at radius 1 is 1.30 bits per heavy atom. The van der Waals surface area contributed by atoms with Crippen LogP contribution in [0, 0.1) is 0 Å². The second-order valence-electron chi connectivity index (χ2n) is 5.98. The summed E-state index contributed by atoms with van der Waals surface area (Å²) in [7, 11) is -3.50. The van der Waals surface area contributed by atoms with Gasteiger partial charge in [-0.3, -0.25) is 10.1 Å². The van der Waals surface area contributed by atoms with E-state index in [1.807, 2.05) is 24.4 Å². The standard InChI is InChI=1S/C17H17N3O3S4/c1-2-11-5-6-15(25-11)27(22,23)20-8-7-12-14(10-20)26-17(18-12)19-16(21)13-4-3-9-24-13/h3-6,9H,2,7-8,10H2,1H3,(H,18,19,21). The minimum absolute atomic E-state index is 0.189. The number of anilines is 1. The van der Waals surface area contributed by atoms with Gasteiger partial charge in [0.25, 0.3) is 15.9 Å². The van der Waals surface area contributed by atoms with E-state index in [4.69, 9.17) is 0 Å². The van der Waals surface area contributed by atoms with Gasteiger partial charge in [-0.15, -0.1) is 34.0 Å². The lowest BCUT2D eigenvalue weighted by atomic mass is 10.2. The molecular formula is C17H17N3O3S4. The van der Waals surface area contributed by atoms with Crippen LogP contribution in [0.5, 0.6) is 0 Å². The van der Waals surface area contributed by atoms with Crippen LogP contribution in [0.2, 0.25) is 0 Å². The number of aryl methyl sites for hydroxylation is 1. The van der Waals surface area contributed by atoms with Gasteiger partial charge in [-0.05, 0) is 30.0 Å². The monoisotopic (exact) mass is 439 g/mol. The average molecular weight is 440 g/mol. The SMILES string of the molecule is CCc1ccc(S(=O)(=O)N2CCc3nc(NC(=O)c4cccs4)sc3C2)s1. The van der Waals surface area contributed by atoms with Gasteiger partial charge in [-0.1, -0.05) is 13.0 Å². The molecule has 0 aliphatic carbocycles. The molecule has 0 fully saturated rings. The molecular weight excluding hydrogens is 422 g/mol. The Balaban J connectivity index is 1.51. The molecule has 1 amide bonds. The van der Waals surface area contributed by atoms with Crippen molar-refractivity contribution in [1.29, 1.82) is 0 Å². The molecule has 0 saturated heterocycles. The molecule has 27 heavy (non-hydrogen) atoms. The van der Waals surface area contributed by atoms with E-state index in [2.05, 4.69) is 10.3 Å². The number of nitrogens with zero attached hydrogens (tertiary/aromatic N) is 2. The molecule has 0 spiro atoms. The molecule has 1 aliphatic heterocycles. The van der Waals surface area contributed by atoms with E-state index in [1.165, 1.54) is 38.3 Å². The number of thiazole rings is 1. The molecule has 142 valence electrons. The van der Waals surface area contributed by atoms with E-state index in [-0.39, 0.29) is 5.91 Å². The van der Waals surface area contributed by atoms with E-state index in [9.17, 15) is 13.2 Å². The highest BCUT2D eigenvalue weighted by atomic mass is 32.2. The number of carbonyl (C=O) groups is 1. The van der Waals surface area contributed by atoms with Gasteiger partial charge < -0.3 is 0 Å². The third-order valence-electron chi connectivity index (χ3n) is 4.24. The van der Waals surface area contributed by atoms with Crippen molar-refractivity contribution in [3.05, 3.63) is 50.0 Å². The van der Waals surface area contributed by atoms with Crippen molar-refractivity contribution in [2.75, 3.05) is 11.9 Å². The molecule has 0 radical (unpaired) electrons. The number of thiophene rings is 2. The first-order chi connectivity index (χ1) is 13.0. The van der Waals surface area contributed by atoms with E-state index < -0.39 is 10.0 Å². The summed E-state index contributed by atoms with van der Waals surface area (Å²) in [5.41, 5.74) is 0.869. The average Bonchev–Trinajstić information content (AvgIpc) is 3.39. The van der Waals surface area contributed by atoms with Crippen molar-refractivity contribution >= 4 is 55.1 Å². The van der Waals surface area contributed by atoms with Crippen LogP contribution in [-0.2, 0) is 29.4 Å². The number of aromatic nitrogens is 1. The van der Waals surface area contributed by atoms with Gasteiger partial charge in [-0.2, -0.15) is 4.31 Å². The third-order valence-corrected chi connectivity index (χ3v) is 9.65. The van der Waals surface area contributed by atoms with E-state index in [0.29, 0.717) is 33.7 Å². The summed E-state index contributed by atoms with van der Waals surface area (Å²) < 4.78 is 27.7. The first-order valence-corrected chi connectivity index (χ1v) is 12.3.